The SMILES string of the molecule is CCC(C)NC(=O)CCNS(=O)(=O)c1cc(N)ccc1C. The molecule has 1 atom stereocenters. The van der Waals surface area contributed by atoms with Crippen LogP contribution in [0.4, 0.5) is 5.69 Å². The molecule has 7 heteroatoms. The molecule has 0 saturated carbocycles. The van der Waals surface area contributed by atoms with E-state index in [9.17, 15) is 13.2 Å². The highest BCUT2D eigenvalue weighted by molar-refractivity contribution is 7.89. The summed E-state index contributed by atoms with van der Waals surface area (Å²) in [6, 6.07) is 4.80. The Bertz CT molecular complexity index is 599. The zero-order valence-electron chi connectivity index (χ0n) is 12.6. The third-order valence-electron chi connectivity index (χ3n) is 3.17. The van der Waals surface area contributed by atoms with E-state index in [1.54, 1.807) is 19.1 Å². The molecular weight excluding hydrogens is 290 g/mol. The van der Waals surface area contributed by atoms with Gasteiger partial charge in [0.15, 0.2) is 0 Å². The Morgan fingerprint density at radius 1 is 1.38 bits per heavy atom. The molecule has 0 saturated heterocycles. The van der Waals surface area contributed by atoms with Crippen molar-refractivity contribution in [3.05, 3.63) is 23.8 Å². The van der Waals surface area contributed by atoms with Gasteiger partial charge in [-0.1, -0.05) is 13.0 Å². The van der Waals surface area contributed by atoms with Crippen molar-refractivity contribution in [3.63, 3.8) is 0 Å². The van der Waals surface area contributed by atoms with E-state index in [4.69, 9.17) is 5.73 Å². The van der Waals surface area contributed by atoms with Crippen LogP contribution in [0.5, 0.6) is 0 Å². The number of aryl methyl sites for hydroxylation is 1. The van der Waals surface area contributed by atoms with Crippen LogP contribution in [0.3, 0.4) is 0 Å². The van der Waals surface area contributed by atoms with E-state index in [-0.39, 0.29) is 29.8 Å². The first-order chi connectivity index (χ1) is 9.76. The molecule has 0 aromatic heterocycles. The maximum absolute atomic E-state index is 12.2. The molecule has 0 aliphatic heterocycles. The lowest BCUT2D eigenvalue weighted by molar-refractivity contribution is -0.121. The van der Waals surface area contributed by atoms with E-state index in [0.717, 1.165) is 6.42 Å². The maximum Gasteiger partial charge on any atom is 0.240 e. The molecule has 1 aromatic carbocycles. The Kier molecular flexibility index (Phi) is 6.17. The molecule has 0 radical (unpaired) electrons. The molecule has 0 aliphatic rings. The fraction of sp³-hybridized carbons (Fsp3) is 0.500. The van der Waals surface area contributed by atoms with E-state index in [0.29, 0.717) is 11.3 Å². The molecule has 0 bridgehead atoms. The minimum absolute atomic E-state index is 0.0544. The fourth-order valence-corrected chi connectivity index (χ4v) is 3.04. The van der Waals surface area contributed by atoms with Crippen molar-refractivity contribution in [3.8, 4) is 0 Å². The minimum atomic E-state index is -3.65. The first-order valence-corrected chi connectivity index (χ1v) is 8.39. The zero-order chi connectivity index (χ0) is 16.0. The van der Waals surface area contributed by atoms with E-state index < -0.39 is 10.0 Å². The van der Waals surface area contributed by atoms with Gasteiger partial charge in [0.2, 0.25) is 15.9 Å². The Morgan fingerprint density at radius 2 is 2.05 bits per heavy atom. The Hall–Kier alpha value is -1.60. The largest absolute Gasteiger partial charge is 0.399 e. The van der Waals surface area contributed by atoms with Gasteiger partial charge >= 0.3 is 0 Å². The molecule has 0 spiro atoms. The van der Waals surface area contributed by atoms with E-state index in [1.807, 2.05) is 13.8 Å². The summed E-state index contributed by atoms with van der Waals surface area (Å²) >= 11 is 0. The first kappa shape index (κ1) is 17.5. The van der Waals surface area contributed by atoms with Gasteiger partial charge < -0.3 is 11.1 Å². The summed E-state index contributed by atoms with van der Waals surface area (Å²) in [4.78, 5) is 11.7. The third kappa shape index (κ3) is 5.35. The minimum Gasteiger partial charge on any atom is -0.399 e. The van der Waals surface area contributed by atoms with Crippen LogP contribution in [0.2, 0.25) is 0 Å². The number of nitrogen functional groups attached to an aromatic ring is 1. The summed E-state index contributed by atoms with van der Waals surface area (Å²) in [5.41, 5.74) is 6.61. The van der Waals surface area contributed by atoms with Crippen LogP contribution in [-0.4, -0.2) is 26.9 Å². The topological polar surface area (TPSA) is 101 Å². The number of sulfonamides is 1. The van der Waals surface area contributed by atoms with Crippen molar-refractivity contribution in [2.75, 3.05) is 12.3 Å². The third-order valence-corrected chi connectivity index (χ3v) is 4.77. The van der Waals surface area contributed by atoms with Gasteiger partial charge in [0.05, 0.1) is 4.90 Å². The molecule has 118 valence electrons. The van der Waals surface area contributed by atoms with Gasteiger partial charge in [-0.3, -0.25) is 4.79 Å². The number of carbonyl (C=O) groups excluding carboxylic acids is 1. The number of hydrogen-bond acceptors (Lipinski definition) is 4. The quantitative estimate of drug-likeness (QED) is 0.657. The Balaban J connectivity index is 2.62. The zero-order valence-corrected chi connectivity index (χ0v) is 13.5. The molecule has 4 N–H and O–H groups in total. The number of nitrogens with one attached hydrogen (secondary N) is 2. The summed E-state index contributed by atoms with van der Waals surface area (Å²) in [5, 5.41) is 2.78. The van der Waals surface area contributed by atoms with Gasteiger partial charge in [-0.05, 0) is 38.0 Å². The monoisotopic (exact) mass is 313 g/mol. The second kappa shape index (κ2) is 7.42. The molecule has 0 aliphatic carbocycles. The average molecular weight is 313 g/mol. The standard InChI is InChI=1S/C14H23N3O3S/c1-4-11(3)17-14(18)7-8-16-21(19,20)13-9-12(15)6-5-10(13)2/h5-6,9,11,16H,4,7-8,15H2,1-3H3,(H,17,18). The molecule has 1 aromatic rings. The van der Waals surface area contributed by atoms with Crippen molar-refractivity contribution in [2.45, 2.75) is 44.6 Å². The highest BCUT2D eigenvalue weighted by Gasteiger charge is 2.17. The van der Waals surface area contributed by atoms with Crippen LogP contribution in [0, 0.1) is 6.92 Å². The summed E-state index contributed by atoms with van der Waals surface area (Å²) in [6.07, 6.45) is 0.935. The van der Waals surface area contributed by atoms with Crippen LogP contribution in [-0.2, 0) is 14.8 Å². The molecule has 1 rings (SSSR count). The van der Waals surface area contributed by atoms with Gasteiger partial charge in [-0.25, -0.2) is 13.1 Å². The summed E-state index contributed by atoms with van der Waals surface area (Å²) < 4.78 is 26.8. The number of rotatable bonds is 7. The van der Waals surface area contributed by atoms with Gasteiger partial charge in [-0.2, -0.15) is 0 Å². The van der Waals surface area contributed by atoms with E-state index in [2.05, 4.69) is 10.0 Å². The van der Waals surface area contributed by atoms with Gasteiger partial charge in [-0.15, -0.1) is 0 Å². The number of anilines is 1. The lowest BCUT2D eigenvalue weighted by atomic mass is 10.2. The van der Waals surface area contributed by atoms with Crippen LogP contribution in [0.1, 0.15) is 32.3 Å². The Labute approximate surface area is 126 Å². The normalized spacial score (nSPS) is 12.9. The molecule has 0 fully saturated rings. The highest BCUT2D eigenvalue weighted by atomic mass is 32.2. The predicted molar refractivity (Wildman–Crippen MR) is 83.3 cm³/mol. The summed E-state index contributed by atoms with van der Waals surface area (Å²) in [7, 11) is -3.65. The van der Waals surface area contributed by atoms with E-state index >= 15 is 0 Å². The molecule has 1 amide bonds. The molecular formula is C14H23N3O3S. The van der Waals surface area contributed by atoms with Crippen molar-refractivity contribution in [1.29, 1.82) is 0 Å². The van der Waals surface area contributed by atoms with Crippen molar-refractivity contribution in [1.82, 2.24) is 10.0 Å². The lowest BCUT2D eigenvalue weighted by Gasteiger charge is -2.12. The van der Waals surface area contributed by atoms with Crippen molar-refractivity contribution >= 4 is 21.6 Å². The predicted octanol–water partition coefficient (Wildman–Crippen LogP) is 1.16. The molecule has 21 heavy (non-hydrogen) atoms. The second-order valence-electron chi connectivity index (χ2n) is 5.05. The molecule has 6 nitrogen and oxygen atoms in total. The van der Waals surface area contributed by atoms with E-state index in [1.165, 1.54) is 6.07 Å². The van der Waals surface area contributed by atoms with Crippen LogP contribution in [0.15, 0.2) is 23.1 Å². The first-order valence-electron chi connectivity index (χ1n) is 6.91. The molecule has 1 unspecified atom stereocenters. The van der Waals surface area contributed by atoms with Gasteiger partial charge in [0, 0.05) is 24.7 Å². The van der Waals surface area contributed by atoms with Crippen LogP contribution < -0.4 is 15.8 Å². The number of hydrogen-bond donors (Lipinski definition) is 3. The molecule has 0 heterocycles. The number of carbonyl (C=O) groups is 1. The maximum atomic E-state index is 12.2. The van der Waals surface area contributed by atoms with Crippen LogP contribution >= 0.6 is 0 Å². The Morgan fingerprint density at radius 3 is 2.67 bits per heavy atom. The second-order valence-corrected chi connectivity index (χ2v) is 6.78. The summed E-state index contributed by atoms with van der Waals surface area (Å²) in [6.45, 7) is 5.62. The average Bonchev–Trinajstić information content (AvgIpc) is 2.40. The van der Waals surface area contributed by atoms with Crippen molar-refractivity contribution in [2.24, 2.45) is 0 Å². The summed E-state index contributed by atoms with van der Waals surface area (Å²) in [5.74, 6) is -0.170. The smallest absolute Gasteiger partial charge is 0.240 e. The number of nitrogens with two attached hydrogens (primary N) is 1. The lowest BCUT2D eigenvalue weighted by Crippen LogP contribution is -2.35. The fourth-order valence-electron chi connectivity index (χ4n) is 1.73. The van der Waals surface area contributed by atoms with Crippen molar-refractivity contribution < 1.29 is 13.2 Å². The number of amides is 1. The van der Waals surface area contributed by atoms with Crippen LogP contribution in [0.25, 0.3) is 0 Å². The van der Waals surface area contributed by atoms with Gasteiger partial charge in [0.1, 0.15) is 0 Å². The van der Waals surface area contributed by atoms with Gasteiger partial charge in [0.25, 0.3) is 0 Å². The highest BCUT2D eigenvalue weighted by Crippen LogP contribution is 2.17. The number of benzene rings is 1.